The summed E-state index contributed by atoms with van der Waals surface area (Å²) in [6, 6.07) is 0.768. The van der Waals surface area contributed by atoms with Gasteiger partial charge in [0.2, 0.25) is 0 Å². The van der Waals surface area contributed by atoms with Gasteiger partial charge in [-0.15, -0.1) is 11.3 Å². The van der Waals surface area contributed by atoms with E-state index in [2.05, 4.69) is 34.6 Å². The Morgan fingerprint density at radius 1 is 1.64 bits per heavy atom. The highest BCUT2D eigenvalue weighted by atomic mass is 32.1. The van der Waals surface area contributed by atoms with Crippen molar-refractivity contribution in [2.45, 2.75) is 32.4 Å². The van der Waals surface area contributed by atoms with Gasteiger partial charge in [0.1, 0.15) is 0 Å². The minimum absolute atomic E-state index is 0.768. The summed E-state index contributed by atoms with van der Waals surface area (Å²) >= 11 is 1.73. The van der Waals surface area contributed by atoms with Crippen molar-refractivity contribution in [2.24, 2.45) is 0 Å². The maximum absolute atomic E-state index is 4.56. The first-order valence-electron chi connectivity index (χ1n) is 5.18. The summed E-state index contributed by atoms with van der Waals surface area (Å²) in [5, 5.41) is 6.74. The average molecular weight is 211 g/mol. The highest BCUT2D eigenvalue weighted by molar-refractivity contribution is 7.13. The van der Waals surface area contributed by atoms with Crippen molar-refractivity contribution in [1.82, 2.24) is 10.3 Å². The molecule has 0 aliphatic heterocycles. The molecule has 1 fully saturated rings. The van der Waals surface area contributed by atoms with E-state index in [1.54, 1.807) is 11.3 Å². The van der Waals surface area contributed by atoms with E-state index in [-0.39, 0.29) is 0 Å². The molecule has 14 heavy (non-hydrogen) atoms. The van der Waals surface area contributed by atoms with Crippen LogP contribution in [-0.2, 0) is 6.54 Å². The number of aromatic nitrogens is 1. The van der Waals surface area contributed by atoms with E-state index in [9.17, 15) is 0 Å². The van der Waals surface area contributed by atoms with Gasteiger partial charge in [0.25, 0.3) is 0 Å². The summed E-state index contributed by atoms with van der Waals surface area (Å²) in [6.45, 7) is 4.09. The van der Waals surface area contributed by atoms with Crippen LogP contribution in [0.5, 0.6) is 0 Å². The molecular weight excluding hydrogens is 194 g/mol. The SMILES string of the molecule is CCN(C)c1nc(CNC2CC2)cs1. The molecule has 0 unspecified atom stereocenters. The summed E-state index contributed by atoms with van der Waals surface area (Å²) in [5.74, 6) is 0. The predicted octanol–water partition coefficient (Wildman–Crippen LogP) is 1.85. The number of thiazole rings is 1. The molecule has 0 radical (unpaired) electrons. The molecule has 1 N–H and O–H groups in total. The first kappa shape index (κ1) is 9.93. The molecule has 0 aromatic carbocycles. The average Bonchev–Trinajstić information content (AvgIpc) is 2.92. The zero-order chi connectivity index (χ0) is 9.97. The Kier molecular flexibility index (Phi) is 3.03. The summed E-state index contributed by atoms with van der Waals surface area (Å²) in [4.78, 5) is 6.73. The first-order chi connectivity index (χ1) is 6.79. The third kappa shape index (κ3) is 2.45. The highest BCUT2D eigenvalue weighted by Crippen LogP contribution is 2.21. The molecule has 1 aliphatic carbocycles. The lowest BCUT2D eigenvalue weighted by Crippen LogP contribution is -2.17. The second kappa shape index (κ2) is 4.28. The van der Waals surface area contributed by atoms with Crippen LogP contribution in [-0.4, -0.2) is 24.6 Å². The lowest BCUT2D eigenvalue weighted by Gasteiger charge is -2.11. The zero-order valence-electron chi connectivity index (χ0n) is 8.79. The molecule has 0 amide bonds. The van der Waals surface area contributed by atoms with Gasteiger partial charge in [-0.05, 0) is 19.8 Å². The molecule has 1 heterocycles. The van der Waals surface area contributed by atoms with Gasteiger partial charge in [0, 0.05) is 31.6 Å². The van der Waals surface area contributed by atoms with Crippen LogP contribution >= 0.6 is 11.3 Å². The number of hydrogen-bond donors (Lipinski definition) is 1. The lowest BCUT2D eigenvalue weighted by molar-refractivity contribution is 0.677. The largest absolute Gasteiger partial charge is 0.351 e. The van der Waals surface area contributed by atoms with Gasteiger partial charge in [-0.3, -0.25) is 0 Å². The van der Waals surface area contributed by atoms with E-state index in [0.29, 0.717) is 0 Å². The summed E-state index contributed by atoms with van der Waals surface area (Å²) in [7, 11) is 2.08. The Bertz CT molecular complexity index is 293. The van der Waals surface area contributed by atoms with Crippen LogP contribution in [0.4, 0.5) is 5.13 Å². The molecule has 0 saturated heterocycles. The zero-order valence-corrected chi connectivity index (χ0v) is 9.60. The standard InChI is InChI=1S/C10H17N3S/c1-3-13(2)10-12-9(7-14-10)6-11-8-4-5-8/h7-8,11H,3-6H2,1-2H3. The minimum Gasteiger partial charge on any atom is -0.351 e. The fraction of sp³-hybridized carbons (Fsp3) is 0.700. The van der Waals surface area contributed by atoms with Crippen molar-refractivity contribution < 1.29 is 0 Å². The van der Waals surface area contributed by atoms with Crippen LogP contribution < -0.4 is 10.2 Å². The maximum atomic E-state index is 4.56. The normalized spacial score (nSPS) is 15.9. The highest BCUT2D eigenvalue weighted by Gasteiger charge is 2.20. The number of nitrogens with zero attached hydrogens (tertiary/aromatic N) is 2. The smallest absolute Gasteiger partial charge is 0.185 e. The van der Waals surface area contributed by atoms with E-state index in [0.717, 1.165) is 24.3 Å². The Labute approximate surface area is 89.1 Å². The van der Waals surface area contributed by atoms with Gasteiger partial charge in [0.05, 0.1) is 5.69 Å². The van der Waals surface area contributed by atoms with E-state index >= 15 is 0 Å². The monoisotopic (exact) mass is 211 g/mol. The predicted molar refractivity (Wildman–Crippen MR) is 60.9 cm³/mol. The van der Waals surface area contributed by atoms with Gasteiger partial charge in [0.15, 0.2) is 5.13 Å². The molecule has 0 bridgehead atoms. The topological polar surface area (TPSA) is 28.2 Å². The third-order valence-corrected chi connectivity index (χ3v) is 3.49. The van der Waals surface area contributed by atoms with Crippen LogP contribution in [0.1, 0.15) is 25.5 Å². The van der Waals surface area contributed by atoms with Crippen molar-refractivity contribution in [3.63, 3.8) is 0 Å². The first-order valence-corrected chi connectivity index (χ1v) is 6.06. The van der Waals surface area contributed by atoms with Crippen molar-refractivity contribution in [3.05, 3.63) is 11.1 Å². The Morgan fingerprint density at radius 3 is 3.07 bits per heavy atom. The second-order valence-electron chi connectivity index (χ2n) is 3.79. The summed E-state index contributed by atoms with van der Waals surface area (Å²) in [5.41, 5.74) is 1.18. The number of rotatable bonds is 5. The minimum atomic E-state index is 0.768. The molecule has 1 aromatic heterocycles. The van der Waals surface area contributed by atoms with Crippen LogP contribution in [0.25, 0.3) is 0 Å². The van der Waals surface area contributed by atoms with Crippen molar-refractivity contribution in [2.75, 3.05) is 18.5 Å². The number of nitrogens with one attached hydrogen (secondary N) is 1. The summed E-state index contributed by atoms with van der Waals surface area (Å²) < 4.78 is 0. The van der Waals surface area contributed by atoms with Gasteiger partial charge in [-0.25, -0.2) is 4.98 Å². The molecular formula is C10H17N3S. The van der Waals surface area contributed by atoms with Crippen LogP contribution in [0.2, 0.25) is 0 Å². The van der Waals surface area contributed by atoms with E-state index in [1.807, 2.05) is 0 Å². The maximum Gasteiger partial charge on any atom is 0.185 e. The second-order valence-corrected chi connectivity index (χ2v) is 4.63. The van der Waals surface area contributed by atoms with Crippen LogP contribution in [0.15, 0.2) is 5.38 Å². The molecule has 3 nitrogen and oxygen atoms in total. The van der Waals surface area contributed by atoms with Gasteiger partial charge in [-0.2, -0.15) is 0 Å². The van der Waals surface area contributed by atoms with E-state index in [4.69, 9.17) is 0 Å². The fourth-order valence-corrected chi connectivity index (χ4v) is 2.08. The molecule has 1 saturated carbocycles. The van der Waals surface area contributed by atoms with E-state index in [1.165, 1.54) is 18.5 Å². The van der Waals surface area contributed by atoms with Gasteiger partial charge in [-0.1, -0.05) is 0 Å². The lowest BCUT2D eigenvalue weighted by atomic mass is 10.5. The van der Waals surface area contributed by atoms with Crippen LogP contribution in [0.3, 0.4) is 0 Å². The Hall–Kier alpha value is -0.610. The fourth-order valence-electron chi connectivity index (χ4n) is 1.22. The quantitative estimate of drug-likeness (QED) is 0.805. The van der Waals surface area contributed by atoms with Gasteiger partial charge >= 0.3 is 0 Å². The van der Waals surface area contributed by atoms with Crippen molar-refractivity contribution >= 4 is 16.5 Å². The molecule has 78 valence electrons. The number of anilines is 1. The Balaban J connectivity index is 1.87. The van der Waals surface area contributed by atoms with Crippen molar-refractivity contribution in [3.8, 4) is 0 Å². The molecule has 1 aromatic rings. The molecule has 4 heteroatoms. The summed E-state index contributed by atoms with van der Waals surface area (Å²) in [6.07, 6.45) is 2.68. The molecule has 0 spiro atoms. The molecule has 1 aliphatic rings. The molecule has 2 rings (SSSR count). The number of hydrogen-bond acceptors (Lipinski definition) is 4. The van der Waals surface area contributed by atoms with Gasteiger partial charge < -0.3 is 10.2 Å². The Morgan fingerprint density at radius 2 is 2.43 bits per heavy atom. The van der Waals surface area contributed by atoms with E-state index < -0.39 is 0 Å². The van der Waals surface area contributed by atoms with Crippen molar-refractivity contribution in [1.29, 1.82) is 0 Å². The molecule has 0 atom stereocenters. The third-order valence-electron chi connectivity index (χ3n) is 2.49. The van der Waals surface area contributed by atoms with Crippen LogP contribution in [0, 0.1) is 0 Å².